The number of aromatic nitrogens is 5. The average molecular weight is 622 g/mol. The van der Waals surface area contributed by atoms with Gasteiger partial charge >= 0.3 is 0 Å². The Bertz CT molecular complexity index is 2190. The summed E-state index contributed by atoms with van der Waals surface area (Å²) in [7, 11) is 0. The van der Waals surface area contributed by atoms with Crippen LogP contribution in [0.25, 0.3) is 27.8 Å². The van der Waals surface area contributed by atoms with E-state index in [1.54, 1.807) is 49.6 Å². The number of hydrogen-bond acceptors (Lipinski definition) is 8. The van der Waals surface area contributed by atoms with Gasteiger partial charge in [-0.2, -0.15) is 0 Å². The van der Waals surface area contributed by atoms with Gasteiger partial charge in [0.15, 0.2) is 11.5 Å². The molecule has 232 valence electrons. The minimum absolute atomic E-state index is 0.0254. The van der Waals surface area contributed by atoms with Gasteiger partial charge in [0.2, 0.25) is 0 Å². The standard InChI is InChI=1S/C37H31N7O3/c1-23(2)47-29-16-14-26(15-17-29)31-22-40-34(38)33(42-31)36(45)41-24(3)35-43-30-11-7-8-27(13-12-25-18-20-39-21-19-25)32(30)37(46)44(35)28-9-5-4-6-10-28/h4-11,14-24H,1-3H3,(H2,38,40)(H,41,45)/t24-/m1/s1. The van der Waals surface area contributed by atoms with Crippen LogP contribution in [-0.2, 0) is 0 Å². The molecule has 10 nitrogen and oxygen atoms in total. The summed E-state index contributed by atoms with van der Waals surface area (Å²) < 4.78 is 7.22. The Kier molecular flexibility index (Phi) is 8.71. The molecule has 6 aromatic rings. The predicted octanol–water partition coefficient (Wildman–Crippen LogP) is 5.50. The molecule has 0 aliphatic rings. The van der Waals surface area contributed by atoms with E-state index >= 15 is 0 Å². The summed E-state index contributed by atoms with van der Waals surface area (Å²) in [5.41, 5.74) is 9.33. The van der Waals surface area contributed by atoms with Crippen LogP contribution in [0, 0.1) is 11.8 Å². The molecule has 3 heterocycles. The Morgan fingerprint density at radius 1 is 0.894 bits per heavy atom. The molecule has 0 radical (unpaired) electrons. The number of nitrogens with two attached hydrogens (primary N) is 1. The minimum Gasteiger partial charge on any atom is -0.491 e. The van der Waals surface area contributed by atoms with Crippen LogP contribution < -0.4 is 21.3 Å². The molecule has 3 aromatic heterocycles. The molecule has 0 saturated carbocycles. The maximum Gasteiger partial charge on any atom is 0.274 e. The molecule has 0 aliphatic heterocycles. The van der Waals surface area contributed by atoms with Gasteiger partial charge in [-0.05, 0) is 81.4 Å². The molecule has 1 amide bonds. The van der Waals surface area contributed by atoms with E-state index in [-0.39, 0.29) is 23.2 Å². The van der Waals surface area contributed by atoms with E-state index in [9.17, 15) is 9.59 Å². The summed E-state index contributed by atoms with van der Waals surface area (Å²) in [5, 5.41) is 3.30. The van der Waals surface area contributed by atoms with Gasteiger partial charge in [0.05, 0.1) is 40.6 Å². The van der Waals surface area contributed by atoms with Gasteiger partial charge in [-0.25, -0.2) is 15.0 Å². The number of pyridine rings is 1. The first-order valence-electron chi connectivity index (χ1n) is 15.0. The smallest absolute Gasteiger partial charge is 0.274 e. The zero-order valence-corrected chi connectivity index (χ0v) is 26.0. The molecular weight excluding hydrogens is 590 g/mol. The first-order chi connectivity index (χ1) is 22.8. The van der Waals surface area contributed by atoms with Crippen molar-refractivity contribution in [1.82, 2.24) is 29.8 Å². The maximum atomic E-state index is 14.3. The SMILES string of the molecule is CC(C)Oc1ccc(-c2cnc(N)c(C(=O)N[C@H](C)c3nc4cccc(C#Cc5ccncc5)c4c(=O)n3-c3ccccc3)n2)cc1. The third kappa shape index (κ3) is 6.70. The highest BCUT2D eigenvalue weighted by Crippen LogP contribution is 2.24. The van der Waals surface area contributed by atoms with E-state index in [4.69, 9.17) is 15.5 Å². The Morgan fingerprint density at radius 2 is 1.64 bits per heavy atom. The van der Waals surface area contributed by atoms with E-state index in [0.29, 0.717) is 33.7 Å². The lowest BCUT2D eigenvalue weighted by molar-refractivity contribution is 0.0933. The molecular formula is C37H31N7O3. The van der Waals surface area contributed by atoms with Crippen LogP contribution in [0.1, 0.15) is 54.3 Å². The largest absolute Gasteiger partial charge is 0.491 e. The Labute approximate surface area is 271 Å². The molecule has 10 heteroatoms. The number of nitrogens with zero attached hydrogens (tertiary/aromatic N) is 5. The molecule has 1 atom stereocenters. The van der Waals surface area contributed by atoms with Gasteiger partial charge < -0.3 is 15.8 Å². The van der Waals surface area contributed by atoms with Crippen LogP contribution in [0.4, 0.5) is 5.82 Å². The molecule has 0 aliphatic carbocycles. The van der Waals surface area contributed by atoms with Crippen molar-refractivity contribution in [2.45, 2.75) is 32.9 Å². The Balaban J connectivity index is 1.37. The van der Waals surface area contributed by atoms with Crippen LogP contribution in [0.5, 0.6) is 5.75 Å². The predicted molar refractivity (Wildman–Crippen MR) is 181 cm³/mol. The van der Waals surface area contributed by atoms with Crippen LogP contribution in [0.3, 0.4) is 0 Å². The average Bonchev–Trinajstić information content (AvgIpc) is 3.08. The number of ether oxygens (including phenoxy) is 1. The maximum absolute atomic E-state index is 14.3. The number of nitrogen functional groups attached to an aromatic ring is 1. The number of para-hydroxylation sites is 1. The Morgan fingerprint density at radius 3 is 2.36 bits per heavy atom. The molecule has 0 fully saturated rings. The molecule has 3 aromatic carbocycles. The minimum atomic E-state index is -0.733. The number of carbonyl (C=O) groups is 1. The quantitative estimate of drug-likeness (QED) is 0.223. The lowest BCUT2D eigenvalue weighted by Crippen LogP contribution is -2.34. The van der Waals surface area contributed by atoms with Crippen molar-refractivity contribution in [3.63, 3.8) is 0 Å². The van der Waals surface area contributed by atoms with Gasteiger partial charge in [0, 0.05) is 29.1 Å². The van der Waals surface area contributed by atoms with Gasteiger partial charge in [0.25, 0.3) is 11.5 Å². The van der Waals surface area contributed by atoms with Crippen molar-refractivity contribution < 1.29 is 9.53 Å². The third-order valence-corrected chi connectivity index (χ3v) is 7.23. The fraction of sp³-hybridized carbons (Fsp3) is 0.135. The zero-order chi connectivity index (χ0) is 32.9. The second-order valence-electron chi connectivity index (χ2n) is 11.0. The van der Waals surface area contributed by atoms with Gasteiger partial charge in [-0.1, -0.05) is 36.1 Å². The van der Waals surface area contributed by atoms with E-state index in [2.05, 4.69) is 32.1 Å². The summed E-state index contributed by atoms with van der Waals surface area (Å²) in [5.74, 6) is 6.68. The zero-order valence-electron chi connectivity index (χ0n) is 26.0. The number of anilines is 1. The highest BCUT2D eigenvalue weighted by molar-refractivity contribution is 5.97. The van der Waals surface area contributed by atoms with Crippen molar-refractivity contribution in [1.29, 1.82) is 0 Å². The summed E-state index contributed by atoms with van der Waals surface area (Å²) in [4.78, 5) is 45.6. The van der Waals surface area contributed by atoms with Crippen molar-refractivity contribution in [2.75, 3.05) is 5.73 Å². The number of nitrogens with one attached hydrogen (secondary N) is 1. The van der Waals surface area contributed by atoms with Crippen molar-refractivity contribution in [2.24, 2.45) is 0 Å². The molecule has 0 unspecified atom stereocenters. The Hall–Kier alpha value is -6.34. The second-order valence-corrected chi connectivity index (χ2v) is 11.0. The van der Waals surface area contributed by atoms with E-state index in [0.717, 1.165) is 16.9 Å². The number of rotatable bonds is 7. The number of hydrogen-bond donors (Lipinski definition) is 2. The lowest BCUT2D eigenvalue weighted by atomic mass is 10.1. The topological polar surface area (TPSA) is 138 Å². The van der Waals surface area contributed by atoms with Crippen molar-refractivity contribution in [3.05, 3.63) is 137 Å². The molecule has 0 saturated heterocycles. The first kappa shape index (κ1) is 30.7. The summed E-state index contributed by atoms with van der Waals surface area (Å²) in [6.45, 7) is 5.66. The summed E-state index contributed by atoms with van der Waals surface area (Å²) >= 11 is 0. The van der Waals surface area contributed by atoms with Crippen molar-refractivity contribution >= 4 is 22.6 Å². The fourth-order valence-electron chi connectivity index (χ4n) is 5.05. The van der Waals surface area contributed by atoms with Gasteiger partial charge in [0.1, 0.15) is 11.6 Å². The normalized spacial score (nSPS) is 11.5. The monoisotopic (exact) mass is 621 g/mol. The highest BCUT2D eigenvalue weighted by Gasteiger charge is 2.23. The number of carbonyl (C=O) groups excluding carboxylic acids is 1. The molecule has 0 spiro atoms. The van der Waals surface area contributed by atoms with E-state index in [1.165, 1.54) is 10.8 Å². The highest BCUT2D eigenvalue weighted by atomic mass is 16.5. The van der Waals surface area contributed by atoms with Crippen LogP contribution in [-0.4, -0.2) is 36.5 Å². The van der Waals surface area contributed by atoms with Gasteiger partial charge in [-0.15, -0.1) is 0 Å². The molecule has 47 heavy (non-hydrogen) atoms. The van der Waals surface area contributed by atoms with Crippen LogP contribution in [0.15, 0.2) is 108 Å². The van der Waals surface area contributed by atoms with E-state index in [1.807, 2.05) is 68.4 Å². The molecule has 0 bridgehead atoms. The van der Waals surface area contributed by atoms with Crippen LogP contribution in [0.2, 0.25) is 0 Å². The van der Waals surface area contributed by atoms with Gasteiger partial charge in [-0.3, -0.25) is 19.1 Å². The van der Waals surface area contributed by atoms with Crippen molar-refractivity contribution in [3.8, 4) is 34.5 Å². The number of benzene rings is 3. The van der Waals surface area contributed by atoms with Crippen LogP contribution >= 0.6 is 0 Å². The number of fused-ring (bicyclic) bond motifs is 1. The number of amides is 1. The molecule has 6 rings (SSSR count). The fourth-order valence-corrected chi connectivity index (χ4v) is 5.05. The second kappa shape index (κ2) is 13.3. The lowest BCUT2D eigenvalue weighted by Gasteiger charge is -2.20. The summed E-state index contributed by atoms with van der Waals surface area (Å²) in [6, 6.07) is 24.7. The first-order valence-corrected chi connectivity index (χ1v) is 15.0. The van der Waals surface area contributed by atoms with E-state index < -0.39 is 11.9 Å². The summed E-state index contributed by atoms with van der Waals surface area (Å²) in [6.07, 6.45) is 4.88. The molecule has 3 N–H and O–H groups in total. The third-order valence-electron chi connectivity index (χ3n) is 7.23.